The van der Waals surface area contributed by atoms with E-state index in [2.05, 4.69) is 0 Å². The summed E-state index contributed by atoms with van der Waals surface area (Å²) in [7, 11) is 0. The van der Waals surface area contributed by atoms with Gasteiger partial charge in [-0.15, -0.1) is 0 Å². The molecule has 3 nitrogen and oxygen atoms in total. The van der Waals surface area contributed by atoms with Gasteiger partial charge in [0.25, 0.3) is 0 Å². The fraction of sp³-hybridized carbons (Fsp3) is 0.222. The number of alkyl halides is 1. The van der Waals surface area contributed by atoms with Crippen LogP contribution in [0.5, 0.6) is 0 Å². The van der Waals surface area contributed by atoms with Gasteiger partial charge in [0.05, 0.1) is 0 Å². The third-order valence-electron chi connectivity index (χ3n) is 1.80. The topological polar surface area (TPSA) is 63.3 Å². The standard InChI is InChI=1S/C9H9F2NO2/c10-6-4-2-1-3-5(6)7(11)8(12)9(13)14/h1-4,7-8H,12H2,(H,13,14)/t7?,8-/m1/s1. The number of hydrogen-bond acceptors (Lipinski definition) is 2. The van der Waals surface area contributed by atoms with Gasteiger partial charge in [0.1, 0.15) is 11.9 Å². The number of hydrogen-bond donors (Lipinski definition) is 2. The van der Waals surface area contributed by atoms with Gasteiger partial charge in [0.2, 0.25) is 0 Å². The summed E-state index contributed by atoms with van der Waals surface area (Å²) in [5.74, 6) is -2.29. The maximum atomic E-state index is 13.3. The maximum absolute atomic E-state index is 13.3. The summed E-state index contributed by atoms with van der Waals surface area (Å²) in [5, 5.41) is 8.42. The second-order valence-corrected chi connectivity index (χ2v) is 2.79. The van der Waals surface area contributed by atoms with Crippen molar-refractivity contribution in [2.24, 2.45) is 5.73 Å². The molecule has 0 fully saturated rings. The summed E-state index contributed by atoms with van der Waals surface area (Å²) in [6.45, 7) is 0. The van der Waals surface area contributed by atoms with Crippen LogP contribution in [-0.4, -0.2) is 17.1 Å². The lowest BCUT2D eigenvalue weighted by atomic mass is 10.0. The van der Waals surface area contributed by atoms with Gasteiger partial charge >= 0.3 is 5.97 Å². The van der Waals surface area contributed by atoms with Crippen LogP contribution in [0.15, 0.2) is 24.3 Å². The Labute approximate surface area is 79.2 Å². The van der Waals surface area contributed by atoms with Crippen LogP contribution in [0.2, 0.25) is 0 Å². The van der Waals surface area contributed by atoms with E-state index in [9.17, 15) is 13.6 Å². The number of carbonyl (C=O) groups is 1. The van der Waals surface area contributed by atoms with E-state index in [0.29, 0.717) is 0 Å². The highest BCUT2D eigenvalue weighted by Gasteiger charge is 2.27. The molecule has 0 spiro atoms. The van der Waals surface area contributed by atoms with Crippen molar-refractivity contribution in [2.75, 3.05) is 0 Å². The number of nitrogens with two attached hydrogens (primary N) is 1. The normalized spacial score (nSPS) is 14.8. The minimum Gasteiger partial charge on any atom is -0.480 e. The van der Waals surface area contributed by atoms with Crippen LogP contribution in [0.3, 0.4) is 0 Å². The van der Waals surface area contributed by atoms with Crippen LogP contribution in [-0.2, 0) is 4.79 Å². The van der Waals surface area contributed by atoms with Crippen molar-refractivity contribution in [1.82, 2.24) is 0 Å². The number of halogens is 2. The first kappa shape index (κ1) is 10.6. The van der Waals surface area contributed by atoms with Crippen molar-refractivity contribution in [2.45, 2.75) is 12.2 Å². The van der Waals surface area contributed by atoms with Crippen molar-refractivity contribution in [3.05, 3.63) is 35.6 Å². The van der Waals surface area contributed by atoms with Crippen LogP contribution >= 0.6 is 0 Å². The predicted molar refractivity (Wildman–Crippen MR) is 45.9 cm³/mol. The summed E-state index contributed by atoms with van der Waals surface area (Å²) in [5.41, 5.74) is 4.69. The van der Waals surface area contributed by atoms with Gasteiger partial charge in [-0.1, -0.05) is 18.2 Å². The lowest BCUT2D eigenvalue weighted by Crippen LogP contribution is -2.35. The highest BCUT2D eigenvalue weighted by Crippen LogP contribution is 2.22. The number of aliphatic carboxylic acids is 1. The van der Waals surface area contributed by atoms with E-state index in [-0.39, 0.29) is 5.56 Å². The molecule has 1 aromatic rings. The van der Waals surface area contributed by atoms with Crippen LogP contribution < -0.4 is 5.73 Å². The molecule has 1 rings (SSSR count). The first-order chi connectivity index (χ1) is 6.54. The molecule has 1 aromatic carbocycles. The lowest BCUT2D eigenvalue weighted by molar-refractivity contribution is -0.140. The molecule has 0 aromatic heterocycles. The molecule has 0 aliphatic rings. The summed E-state index contributed by atoms with van der Waals surface area (Å²) >= 11 is 0. The molecule has 0 bridgehead atoms. The molecule has 76 valence electrons. The van der Waals surface area contributed by atoms with Gasteiger partial charge in [-0.05, 0) is 6.07 Å². The summed E-state index contributed by atoms with van der Waals surface area (Å²) in [4.78, 5) is 10.3. The zero-order chi connectivity index (χ0) is 10.7. The fourth-order valence-electron chi connectivity index (χ4n) is 1.02. The molecule has 0 aliphatic heterocycles. The van der Waals surface area contributed by atoms with E-state index < -0.39 is 24.0 Å². The van der Waals surface area contributed by atoms with Crippen molar-refractivity contribution in [3.8, 4) is 0 Å². The Hall–Kier alpha value is -1.49. The quantitative estimate of drug-likeness (QED) is 0.773. The first-order valence-corrected chi connectivity index (χ1v) is 3.91. The van der Waals surface area contributed by atoms with E-state index in [4.69, 9.17) is 10.8 Å². The maximum Gasteiger partial charge on any atom is 0.323 e. The zero-order valence-corrected chi connectivity index (χ0v) is 7.15. The molecule has 1 unspecified atom stereocenters. The molecule has 0 saturated heterocycles. The molecule has 3 N–H and O–H groups in total. The Morgan fingerprint density at radius 1 is 1.43 bits per heavy atom. The molecular weight excluding hydrogens is 192 g/mol. The van der Waals surface area contributed by atoms with Crippen molar-refractivity contribution in [3.63, 3.8) is 0 Å². The molecule has 14 heavy (non-hydrogen) atoms. The van der Waals surface area contributed by atoms with Gasteiger partial charge in [-0.3, -0.25) is 4.79 Å². The largest absolute Gasteiger partial charge is 0.480 e. The average Bonchev–Trinajstić information content (AvgIpc) is 2.16. The molecule has 2 atom stereocenters. The summed E-state index contributed by atoms with van der Waals surface area (Å²) < 4.78 is 26.3. The fourth-order valence-corrected chi connectivity index (χ4v) is 1.02. The summed E-state index contributed by atoms with van der Waals surface area (Å²) in [6.07, 6.45) is -2.03. The van der Waals surface area contributed by atoms with Crippen LogP contribution in [0.4, 0.5) is 8.78 Å². The van der Waals surface area contributed by atoms with E-state index in [1.165, 1.54) is 18.2 Å². The number of carboxylic acid groups (broad SMARTS) is 1. The minimum absolute atomic E-state index is 0.331. The highest BCUT2D eigenvalue weighted by atomic mass is 19.1. The van der Waals surface area contributed by atoms with Crippen molar-refractivity contribution < 1.29 is 18.7 Å². The Morgan fingerprint density at radius 3 is 2.50 bits per heavy atom. The van der Waals surface area contributed by atoms with Crippen LogP contribution in [0.25, 0.3) is 0 Å². The monoisotopic (exact) mass is 201 g/mol. The number of carboxylic acids is 1. The SMILES string of the molecule is N[C@@H](C(=O)O)C(F)c1ccccc1F. The lowest BCUT2D eigenvalue weighted by Gasteiger charge is -2.13. The summed E-state index contributed by atoms with van der Waals surface area (Å²) in [6, 6.07) is 3.28. The number of rotatable bonds is 3. The van der Waals surface area contributed by atoms with E-state index in [1.54, 1.807) is 0 Å². The Kier molecular flexibility index (Phi) is 3.14. The number of benzene rings is 1. The van der Waals surface area contributed by atoms with Crippen LogP contribution in [0, 0.1) is 5.82 Å². The van der Waals surface area contributed by atoms with Gasteiger partial charge in [0, 0.05) is 5.56 Å². The average molecular weight is 201 g/mol. The second kappa shape index (κ2) is 4.15. The highest BCUT2D eigenvalue weighted by molar-refractivity contribution is 5.74. The third-order valence-corrected chi connectivity index (χ3v) is 1.80. The van der Waals surface area contributed by atoms with E-state index in [0.717, 1.165) is 6.07 Å². The van der Waals surface area contributed by atoms with E-state index in [1.807, 2.05) is 0 Å². The van der Waals surface area contributed by atoms with Gasteiger partial charge in [-0.2, -0.15) is 0 Å². The molecule has 0 saturated carbocycles. The van der Waals surface area contributed by atoms with Gasteiger partial charge < -0.3 is 10.8 Å². The third kappa shape index (κ3) is 2.05. The smallest absolute Gasteiger partial charge is 0.323 e. The second-order valence-electron chi connectivity index (χ2n) is 2.79. The molecule has 0 heterocycles. The zero-order valence-electron chi connectivity index (χ0n) is 7.15. The van der Waals surface area contributed by atoms with Gasteiger partial charge in [0.15, 0.2) is 6.17 Å². The van der Waals surface area contributed by atoms with E-state index >= 15 is 0 Å². The van der Waals surface area contributed by atoms with Crippen LogP contribution in [0.1, 0.15) is 11.7 Å². The first-order valence-electron chi connectivity index (χ1n) is 3.91. The predicted octanol–water partition coefficient (Wildman–Crippen LogP) is 1.25. The molecule has 0 amide bonds. The Morgan fingerprint density at radius 2 is 2.00 bits per heavy atom. The van der Waals surface area contributed by atoms with Crippen molar-refractivity contribution >= 4 is 5.97 Å². The Balaban J connectivity index is 2.94. The van der Waals surface area contributed by atoms with Gasteiger partial charge in [-0.25, -0.2) is 8.78 Å². The minimum atomic E-state index is -2.03. The molecule has 0 aliphatic carbocycles. The van der Waals surface area contributed by atoms with Crippen molar-refractivity contribution in [1.29, 1.82) is 0 Å². The molecule has 0 radical (unpaired) electrons. The molecule has 5 heteroatoms. The Bertz CT molecular complexity index is 343. The molecular formula is C9H9F2NO2.